The van der Waals surface area contributed by atoms with Gasteiger partial charge in [0.25, 0.3) is 0 Å². The number of benzene rings is 1. The molecule has 1 atom stereocenters. The van der Waals surface area contributed by atoms with E-state index in [2.05, 4.69) is 20.8 Å². The predicted octanol–water partition coefficient (Wildman–Crippen LogP) is 4.06. The highest BCUT2D eigenvalue weighted by Crippen LogP contribution is 2.24. The van der Waals surface area contributed by atoms with Gasteiger partial charge < -0.3 is 5.11 Å². The number of hydrogen-bond donors (Lipinski definition) is 1. The van der Waals surface area contributed by atoms with Crippen molar-refractivity contribution in [2.75, 3.05) is 13.1 Å². The molecule has 1 unspecified atom stereocenters. The van der Waals surface area contributed by atoms with Gasteiger partial charge in [0, 0.05) is 0 Å². The molecule has 1 aromatic carbocycles. The molecular weight excluding hydrogens is 250 g/mol. The number of carboxylic acid groups (broad SMARTS) is 1. The van der Waals surface area contributed by atoms with Gasteiger partial charge in [0.15, 0.2) is 0 Å². The summed E-state index contributed by atoms with van der Waals surface area (Å²) in [5.41, 5.74) is 2.12. The third-order valence-electron chi connectivity index (χ3n) is 3.72. The van der Waals surface area contributed by atoms with Gasteiger partial charge in [-0.15, -0.1) is 0 Å². The standard InChI is InChI=1S/C17H27NO2/c1-5-7-12-18(6-2)16(17(19)20)15-10-8-14(9-11-15)13(3)4/h8-11,13,16H,5-7,12H2,1-4H3,(H,19,20). The van der Waals surface area contributed by atoms with Crippen molar-refractivity contribution in [3.63, 3.8) is 0 Å². The number of likely N-dealkylation sites (N-methyl/N-ethyl adjacent to an activating group) is 1. The third-order valence-corrected chi connectivity index (χ3v) is 3.72. The Morgan fingerprint density at radius 1 is 1.15 bits per heavy atom. The average molecular weight is 277 g/mol. The number of hydrogen-bond acceptors (Lipinski definition) is 2. The minimum absolute atomic E-state index is 0.467. The zero-order valence-corrected chi connectivity index (χ0v) is 13.1. The van der Waals surface area contributed by atoms with Crippen LogP contribution in [0.3, 0.4) is 0 Å². The van der Waals surface area contributed by atoms with Crippen LogP contribution in [0.15, 0.2) is 24.3 Å². The summed E-state index contributed by atoms with van der Waals surface area (Å²) in [7, 11) is 0. The fourth-order valence-electron chi connectivity index (χ4n) is 2.40. The Bertz CT molecular complexity index is 412. The molecule has 0 aliphatic carbocycles. The van der Waals surface area contributed by atoms with Crippen LogP contribution in [-0.4, -0.2) is 29.1 Å². The molecule has 1 aromatic rings. The van der Waals surface area contributed by atoms with Crippen LogP contribution in [0.25, 0.3) is 0 Å². The Kier molecular flexibility index (Phi) is 6.73. The number of carbonyl (C=O) groups is 1. The molecule has 0 aliphatic heterocycles. The maximum absolute atomic E-state index is 11.6. The quantitative estimate of drug-likeness (QED) is 0.779. The summed E-state index contributed by atoms with van der Waals surface area (Å²) in [6.07, 6.45) is 2.11. The largest absolute Gasteiger partial charge is 0.480 e. The fourth-order valence-corrected chi connectivity index (χ4v) is 2.40. The first-order chi connectivity index (χ1) is 9.51. The number of nitrogens with zero attached hydrogens (tertiary/aromatic N) is 1. The summed E-state index contributed by atoms with van der Waals surface area (Å²) in [5.74, 6) is -0.296. The highest BCUT2D eigenvalue weighted by atomic mass is 16.4. The second-order valence-corrected chi connectivity index (χ2v) is 5.54. The molecule has 3 nitrogen and oxygen atoms in total. The third kappa shape index (κ3) is 4.34. The van der Waals surface area contributed by atoms with E-state index in [0.717, 1.165) is 31.5 Å². The molecule has 0 saturated carbocycles. The number of unbranched alkanes of at least 4 members (excludes halogenated alkanes) is 1. The highest BCUT2D eigenvalue weighted by Gasteiger charge is 2.25. The van der Waals surface area contributed by atoms with Crippen molar-refractivity contribution < 1.29 is 9.90 Å². The van der Waals surface area contributed by atoms with Gasteiger partial charge in [0.2, 0.25) is 0 Å². The van der Waals surface area contributed by atoms with Crippen molar-refractivity contribution in [2.24, 2.45) is 0 Å². The van der Waals surface area contributed by atoms with Crippen LogP contribution in [0.5, 0.6) is 0 Å². The first kappa shape index (κ1) is 16.7. The van der Waals surface area contributed by atoms with Crippen molar-refractivity contribution >= 4 is 5.97 Å². The van der Waals surface area contributed by atoms with Crippen LogP contribution < -0.4 is 0 Å². The van der Waals surface area contributed by atoms with E-state index in [-0.39, 0.29) is 0 Å². The summed E-state index contributed by atoms with van der Waals surface area (Å²) < 4.78 is 0. The van der Waals surface area contributed by atoms with Gasteiger partial charge in [-0.2, -0.15) is 0 Å². The van der Waals surface area contributed by atoms with Crippen LogP contribution in [0, 0.1) is 0 Å². The number of rotatable bonds is 8. The zero-order chi connectivity index (χ0) is 15.1. The summed E-state index contributed by atoms with van der Waals surface area (Å²) >= 11 is 0. The van der Waals surface area contributed by atoms with Gasteiger partial charge in [-0.05, 0) is 36.6 Å². The first-order valence-corrected chi connectivity index (χ1v) is 7.57. The Morgan fingerprint density at radius 2 is 1.70 bits per heavy atom. The van der Waals surface area contributed by atoms with Crippen molar-refractivity contribution in [1.29, 1.82) is 0 Å². The van der Waals surface area contributed by atoms with Gasteiger partial charge >= 0.3 is 5.97 Å². The van der Waals surface area contributed by atoms with Crippen LogP contribution in [-0.2, 0) is 4.79 Å². The van der Waals surface area contributed by atoms with E-state index in [1.807, 2.05) is 36.1 Å². The van der Waals surface area contributed by atoms with Gasteiger partial charge in [-0.1, -0.05) is 58.4 Å². The minimum atomic E-state index is -0.764. The molecule has 0 fully saturated rings. The van der Waals surface area contributed by atoms with Crippen molar-refractivity contribution in [1.82, 2.24) is 4.90 Å². The molecule has 0 aliphatic rings. The molecular formula is C17H27NO2. The van der Waals surface area contributed by atoms with E-state index >= 15 is 0 Å². The van der Waals surface area contributed by atoms with E-state index in [4.69, 9.17) is 0 Å². The van der Waals surface area contributed by atoms with Crippen LogP contribution in [0.4, 0.5) is 0 Å². The topological polar surface area (TPSA) is 40.5 Å². The lowest BCUT2D eigenvalue weighted by Gasteiger charge is -2.28. The summed E-state index contributed by atoms with van der Waals surface area (Å²) in [5, 5.41) is 9.56. The minimum Gasteiger partial charge on any atom is -0.480 e. The van der Waals surface area contributed by atoms with Crippen LogP contribution in [0.2, 0.25) is 0 Å². The lowest BCUT2D eigenvalue weighted by Crippen LogP contribution is -2.34. The normalized spacial score (nSPS) is 12.9. The van der Waals surface area contributed by atoms with E-state index in [9.17, 15) is 9.90 Å². The molecule has 0 radical (unpaired) electrons. The molecule has 20 heavy (non-hydrogen) atoms. The number of carboxylic acids is 1. The molecule has 0 heterocycles. The summed E-state index contributed by atoms with van der Waals surface area (Å²) in [6.45, 7) is 10.0. The monoisotopic (exact) mass is 277 g/mol. The second-order valence-electron chi connectivity index (χ2n) is 5.54. The molecule has 112 valence electrons. The average Bonchev–Trinajstić information content (AvgIpc) is 2.43. The highest BCUT2D eigenvalue weighted by molar-refractivity contribution is 5.75. The smallest absolute Gasteiger partial charge is 0.325 e. The van der Waals surface area contributed by atoms with Gasteiger partial charge in [-0.3, -0.25) is 9.69 Å². The molecule has 0 bridgehead atoms. The Balaban J connectivity index is 2.97. The molecule has 0 aromatic heterocycles. The Labute approximate surface area is 122 Å². The number of aliphatic carboxylic acids is 1. The van der Waals surface area contributed by atoms with Crippen molar-refractivity contribution in [3.8, 4) is 0 Å². The lowest BCUT2D eigenvalue weighted by atomic mass is 9.98. The maximum Gasteiger partial charge on any atom is 0.325 e. The fraction of sp³-hybridized carbons (Fsp3) is 0.588. The lowest BCUT2D eigenvalue weighted by molar-refractivity contribution is -0.143. The molecule has 3 heteroatoms. The SMILES string of the molecule is CCCCN(CC)C(C(=O)O)c1ccc(C(C)C)cc1. The molecule has 0 spiro atoms. The molecule has 1 rings (SSSR count). The van der Waals surface area contributed by atoms with E-state index < -0.39 is 12.0 Å². The molecule has 1 N–H and O–H groups in total. The molecule has 0 saturated heterocycles. The zero-order valence-electron chi connectivity index (χ0n) is 13.1. The summed E-state index contributed by atoms with van der Waals surface area (Å²) in [4.78, 5) is 13.7. The van der Waals surface area contributed by atoms with Gasteiger partial charge in [-0.25, -0.2) is 0 Å². The summed E-state index contributed by atoms with van der Waals surface area (Å²) in [6, 6.07) is 7.48. The molecule has 0 amide bonds. The van der Waals surface area contributed by atoms with E-state index in [0.29, 0.717) is 5.92 Å². The van der Waals surface area contributed by atoms with Gasteiger partial charge in [0.1, 0.15) is 6.04 Å². The van der Waals surface area contributed by atoms with Crippen LogP contribution in [0.1, 0.15) is 63.6 Å². The Hall–Kier alpha value is -1.35. The van der Waals surface area contributed by atoms with E-state index in [1.54, 1.807) is 0 Å². The van der Waals surface area contributed by atoms with Crippen LogP contribution >= 0.6 is 0 Å². The Morgan fingerprint density at radius 3 is 2.10 bits per heavy atom. The maximum atomic E-state index is 11.6. The van der Waals surface area contributed by atoms with Crippen molar-refractivity contribution in [2.45, 2.75) is 52.5 Å². The van der Waals surface area contributed by atoms with Crippen molar-refractivity contribution in [3.05, 3.63) is 35.4 Å². The van der Waals surface area contributed by atoms with E-state index in [1.165, 1.54) is 5.56 Å². The second kappa shape index (κ2) is 8.05. The first-order valence-electron chi connectivity index (χ1n) is 7.57. The van der Waals surface area contributed by atoms with Gasteiger partial charge in [0.05, 0.1) is 0 Å². The predicted molar refractivity (Wildman–Crippen MR) is 83.1 cm³/mol.